The number of rotatable bonds is 6. The van der Waals surface area contributed by atoms with E-state index in [0.717, 1.165) is 18.5 Å². The molecule has 146 valence electrons. The number of anilines is 1. The molecule has 1 N–H and O–H groups in total. The lowest BCUT2D eigenvalue weighted by Crippen LogP contribution is -2.34. The van der Waals surface area contributed by atoms with E-state index in [4.69, 9.17) is 23.2 Å². The molecule has 27 heavy (non-hydrogen) atoms. The molecule has 0 saturated carbocycles. The van der Waals surface area contributed by atoms with Gasteiger partial charge in [-0.05, 0) is 55.9 Å². The molecule has 5 nitrogen and oxygen atoms in total. The van der Waals surface area contributed by atoms with Gasteiger partial charge < -0.3 is 9.80 Å². The van der Waals surface area contributed by atoms with Gasteiger partial charge in [-0.15, -0.1) is 0 Å². The third-order valence-electron chi connectivity index (χ3n) is 4.89. The van der Waals surface area contributed by atoms with Crippen LogP contribution in [0.15, 0.2) is 41.3 Å². The highest BCUT2D eigenvalue weighted by Gasteiger charge is 2.24. The molecule has 0 unspecified atom stereocenters. The molecule has 0 amide bonds. The van der Waals surface area contributed by atoms with E-state index in [1.165, 1.54) is 23.4 Å². The van der Waals surface area contributed by atoms with Gasteiger partial charge in [0, 0.05) is 36.9 Å². The van der Waals surface area contributed by atoms with Crippen LogP contribution in [0, 0.1) is 0 Å². The molecule has 2 aromatic carbocycles. The van der Waals surface area contributed by atoms with Gasteiger partial charge in [-0.3, -0.25) is 0 Å². The van der Waals surface area contributed by atoms with Crippen molar-refractivity contribution in [1.82, 2.24) is 9.62 Å². The third-order valence-corrected chi connectivity index (χ3v) is 7.03. The van der Waals surface area contributed by atoms with E-state index in [-0.39, 0.29) is 22.5 Å². The van der Waals surface area contributed by atoms with Crippen LogP contribution in [0.5, 0.6) is 0 Å². The fraction of sp³-hybridized carbons (Fsp3) is 0.368. The molecule has 1 aliphatic heterocycles. The van der Waals surface area contributed by atoms with Gasteiger partial charge in [0.1, 0.15) is 4.90 Å². The van der Waals surface area contributed by atoms with E-state index in [2.05, 4.69) is 34.9 Å². The Morgan fingerprint density at radius 2 is 1.93 bits per heavy atom. The molecule has 2 aromatic rings. The summed E-state index contributed by atoms with van der Waals surface area (Å²) < 4.78 is 28.1. The fourth-order valence-electron chi connectivity index (χ4n) is 3.34. The van der Waals surface area contributed by atoms with Gasteiger partial charge in [0.2, 0.25) is 10.0 Å². The van der Waals surface area contributed by atoms with E-state index >= 15 is 0 Å². The Balaban J connectivity index is 1.82. The summed E-state index contributed by atoms with van der Waals surface area (Å²) in [7, 11) is 2.18. The van der Waals surface area contributed by atoms with Crippen LogP contribution in [-0.4, -0.2) is 47.6 Å². The van der Waals surface area contributed by atoms with Crippen molar-refractivity contribution < 1.29 is 8.42 Å². The van der Waals surface area contributed by atoms with Crippen molar-refractivity contribution in [3.05, 3.63) is 57.6 Å². The zero-order chi connectivity index (χ0) is 19.8. The lowest BCUT2D eigenvalue weighted by molar-refractivity contribution is 0.299. The molecule has 0 bridgehead atoms. The van der Waals surface area contributed by atoms with Crippen molar-refractivity contribution in [3.63, 3.8) is 0 Å². The van der Waals surface area contributed by atoms with E-state index < -0.39 is 10.0 Å². The Kier molecular flexibility index (Phi) is 6.03. The second-order valence-electron chi connectivity index (χ2n) is 6.97. The summed E-state index contributed by atoms with van der Waals surface area (Å²) in [5.41, 5.74) is 3.61. The number of benzene rings is 2. The molecule has 0 radical (unpaired) electrons. The van der Waals surface area contributed by atoms with Crippen LogP contribution in [0.4, 0.5) is 5.69 Å². The van der Waals surface area contributed by atoms with Crippen molar-refractivity contribution in [2.75, 3.05) is 39.1 Å². The van der Waals surface area contributed by atoms with Gasteiger partial charge in [0.15, 0.2) is 0 Å². The smallest absolute Gasteiger partial charge is 0.242 e. The number of sulfonamides is 1. The Hall–Kier alpha value is -1.31. The van der Waals surface area contributed by atoms with Gasteiger partial charge in [-0.2, -0.15) is 0 Å². The highest BCUT2D eigenvalue weighted by Crippen LogP contribution is 2.31. The summed E-state index contributed by atoms with van der Waals surface area (Å²) in [6, 6.07) is 10.6. The van der Waals surface area contributed by atoms with Gasteiger partial charge in [-0.25, -0.2) is 13.1 Å². The summed E-state index contributed by atoms with van der Waals surface area (Å²) in [5, 5.41) is 0.473. The number of likely N-dealkylation sites (N-methyl/N-ethyl adjacent to an activating group) is 2. The van der Waals surface area contributed by atoms with E-state index in [9.17, 15) is 8.42 Å². The van der Waals surface area contributed by atoms with Crippen molar-refractivity contribution >= 4 is 38.9 Å². The monoisotopic (exact) mass is 427 g/mol. The van der Waals surface area contributed by atoms with Gasteiger partial charge in [0.05, 0.1) is 5.02 Å². The fourth-order valence-corrected chi connectivity index (χ4v) is 5.14. The summed E-state index contributed by atoms with van der Waals surface area (Å²) in [5.74, 6) is 0. The van der Waals surface area contributed by atoms with Crippen LogP contribution in [-0.2, 0) is 16.4 Å². The average molecular weight is 428 g/mol. The normalized spacial score (nSPS) is 15.3. The maximum Gasteiger partial charge on any atom is 0.242 e. The van der Waals surface area contributed by atoms with Crippen LogP contribution in [0.2, 0.25) is 10.0 Å². The zero-order valence-corrected chi connectivity index (χ0v) is 17.9. The molecule has 8 heteroatoms. The Bertz CT molecular complexity index is 948. The molecule has 0 fully saturated rings. The van der Waals surface area contributed by atoms with E-state index in [1.54, 1.807) is 6.07 Å². The molecule has 1 heterocycles. The topological polar surface area (TPSA) is 52.7 Å². The van der Waals surface area contributed by atoms with Crippen molar-refractivity contribution in [2.24, 2.45) is 0 Å². The first-order valence-corrected chi connectivity index (χ1v) is 10.9. The summed E-state index contributed by atoms with van der Waals surface area (Å²) in [6.07, 6.45) is 1.00. The van der Waals surface area contributed by atoms with Crippen LogP contribution in [0.25, 0.3) is 0 Å². The zero-order valence-electron chi connectivity index (χ0n) is 15.5. The molecule has 0 spiro atoms. The maximum atomic E-state index is 12.7. The number of nitrogens with zero attached hydrogens (tertiary/aromatic N) is 2. The standard InChI is InChI=1S/C19H23Cl2N3O2S/c1-23(2)18(13-4-7-17-14(10-13)8-9-24(17)3)12-22-27(25,26)19-11-15(20)5-6-16(19)21/h4-7,10-11,18,22H,8-9,12H2,1-3H3/t18-/m1/s1. The van der Waals surface area contributed by atoms with E-state index in [0.29, 0.717) is 5.02 Å². The van der Waals surface area contributed by atoms with Crippen molar-refractivity contribution in [1.29, 1.82) is 0 Å². The minimum Gasteiger partial charge on any atom is -0.374 e. The quantitative estimate of drug-likeness (QED) is 0.765. The second kappa shape index (κ2) is 7.97. The lowest BCUT2D eigenvalue weighted by atomic mass is 10.0. The number of hydrogen-bond acceptors (Lipinski definition) is 4. The van der Waals surface area contributed by atoms with Crippen molar-refractivity contribution in [3.8, 4) is 0 Å². The minimum absolute atomic E-state index is 0.00949. The Morgan fingerprint density at radius 3 is 2.63 bits per heavy atom. The number of fused-ring (bicyclic) bond motifs is 1. The first kappa shape index (κ1) is 20.4. The molecule has 0 aromatic heterocycles. The van der Waals surface area contributed by atoms with Crippen LogP contribution >= 0.6 is 23.2 Å². The highest BCUT2D eigenvalue weighted by atomic mass is 35.5. The molecule has 1 aliphatic rings. The predicted octanol–water partition coefficient (Wildman–Crippen LogP) is 3.57. The predicted molar refractivity (Wildman–Crippen MR) is 111 cm³/mol. The maximum absolute atomic E-state index is 12.7. The molecule has 0 saturated heterocycles. The van der Waals surface area contributed by atoms with E-state index in [1.807, 2.05) is 19.0 Å². The van der Waals surface area contributed by atoms with Gasteiger partial charge in [0.25, 0.3) is 0 Å². The van der Waals surface area contributed by atoms with Crippen molar-refractivity contribution in [2.45, 2.75) is 17.4 Å². The molecule has 3 rings (SSSR count). The first-order valence-electron chi connectivity index (χ1n) is 8.64. The van der Waals surface area contributed by atoms with Gasteiger partial charge >= 0.3 is 0 Å². The second-order valence-corrected chi connectivity index (χ2v) is 9.54. The average Bonchev–Trinajstić information content (AvgIpc) is 2.97. The largest absolute Gasteiger partial charge is 0.374 e. The molecule has 0 aliphatic carbocycles. The van der Waals surface area contributed by atoms with Gasteiger partial charge in [-0.1, -0.05) is 35.3 Å². The number of nitrogens with one attached hydrogen (secondary N) is 1. The van der Waals surface area contributed by atoms with Crippen LogP contribution in [0.3, 0.4) is 0 Å². The highest BCUT2D eigenvalue weighted by molar-refractivity contribution is 7.89. The Morgan fingerprint density at radius 1 is 1.19 bits per heavy atom. The van der Waals surface area contributed by atoms with Crippen LogP contribution < -0.4 is 9.62 Å². The molecular weight excluding hydrogens is 405 g/mol. The lowest BCUT2D eigenvalue weighted by Gasteiger charge is -2.26. The number of hydrogen-bond donors (Lipinski definition) is 1. The molecular formula is C19H23Cl2N3O2S. The SMILES string of the molecule is CN1CCc2cc([C@@H](CNS(=O)(=O)c3cc(Cl)ccc3Cl)N(C)C)ccc21. The number of halogens is 2. The Labute approximate surface area is 170 Å². The molecule has 1 atom stereocenters. The summed E-state index contributed by atoms with van der Waals surface area (Å²) in [4.78, 5) is 4.22. The summed E-state index contributed by atoms with van der Waals surface area (Å²) in [6.45, 7) is 1.23. The van der Waals surface area contributed by atoms with Crippen LogP contribution in [0.1, 0.15) is 17.2 Å². The minimum atomic E-state index is -3.77. The third kappa shape index (κ3) is 4.41. The summed E-state index contributed by atoms with van der Waals surface area (Å²) >= 11 is 12.0. The first-order chi connectivity index (χ1) is 12.7.